The summed E-state index contributed by atoms with van der Waals surface area (Å²) in [6.07, 6.45) is 1.96. The van der Waals surface area contributed by atoms with Crippen molar-refractivity contribution in [1.29, 1.82) is 0 Å². The molecule has 6 heteroatoms. The highest BCUT2D eigenvalue weighted by Gasteiger charge is 2.31. The molecule has 2 saturated heterocycles. The second kappa shape index (κ2) is 8.02. The average Bonchev–Trinajstić information content (AvgIpc) is 2.61. The van der Waals surface area contributed by atoms with Crippen LogP contribution >= 0.6 is 11.6 Å². The minimum absolute atomic E-state index is 0.120. The Labute approximate surface area is 154 Å². The molecule has 1 atom stereocenters. The summed E-state index contributed by atoms with van der Waals surface area (Å²) in [6, 6.07) is 4.80. The van der Waals surface area contributed by atoms with Crippen molar-refractivity contribution in [3.8, 4) is 0 Å². The van der Waals surface area contributed by atoms with Crippen LogP contribution in [0.1, 0.15) is 30.1 Å². The number of carbonyl (C=O) groups is 1. The standard InChI is InChI=1S/C19H27ClFN3O/c1-14(23-11-9-22(2)10-12-23)15-5-7-24(8-6-15)19(25)17-4-3-16(20)13-18(17)21/h3-4,13-15H,5-12H2,1-2H3/t14-/m1/s1. The van der Waals surface area contributed by atoms with Crippen molar-refractivity contribution in [3.05, 3.63) is 34.6 Å². The molecule has 0 aliphatic carbocycles. The molecule has 0 radical (unpaired) electrons. The number of amides is 1. The number of hydrogen-bond acceptors (Lipinski definition) is 3. The van der Waals surface area contributed by atoms with Crippen LogP contribution in [0.15, 0.2) is 18.2 Å². The zero-order valence-corrected chi connectivity index (χ0v) is 15.8. The number of piperidine rings is 1. The highest BCUT2D eigenvalue weighted by atomic mass is 35.5. The van der Waals surface area contributed by atoms with Gasteiger partial charge in [-0.15, -0.1) is 0 Å². The molecule has 1 amide bonds. The third kappa shape index (κ3) is 4.33. The molecule has 0 N–H and O–H groups in total. The Morgan fingerprint density at radius 1 is 1.16 bits per heavy atom. The SMILES string of the molecule is C[C@H](C1CCN(C(=O)c2ccc(Cl)cc2F)CC1)N1CCN(C)CC1. The summed E-state index contributed by atoms with van der Waals surface area (Å²) in [6.45, 7) is 8.19. The van der Waals surface area contributed by atoms with Gasteiger partial charge in [0.25, 0.3) is 5.91 Å². The molecule has 4 nitrogen and oxygen atoms in total. The molecule has 0 bridgehead atoms. The Kier molecular flexibility index (Phi) is 5.97. The van der Waals surface area contributed by atoms with Crippen molar-refractivity contribution < 1.29 is 9.18 Å². The first-order valence-electron chi connectivity index (χ1n) is 9.12. The van der Waals surface area contributed by atoms with E-state index in [2.05, 4.69) is 23.8 Å². The van der Waals surface area contributed by atoms with Crippen LogP contribution in [0.3, 0.4) is 0 Å². The van der Waals surface area contributed by atoms with E-state index in [1.54, 1.807) is 11.0 Å². The Hall–Kier alpha value is -1.17. The summed E-state index contributed by atoms with van der Waals surface area (Å²) in [5.74, 6) is -0.159. The highest BCUT2D eigenvalue weighted by molar-refractivity contribution is 6.30. The van der Waals surface area contributed by atoms with Crippen molar-refractivity contribution in [2.75, 3.05) is 46.3 Å². The van der Waals surface area contributed by atoms with Crippen molar-refractivity contribution >= 4 is 17.5 Å². The predicted octanol–water partition coefficient (Wildman–Crippen LogP) is 2.97. The molecule has 0 spiro atoms. The fourth-order valence-corrected chi connectivity index (χ4v) is 4.10. The van der Waals surface area contributed by atoms with Crippen LogP contribution in [0.5, 0.6) is 0 Å². The summed E-state index contributed by atoms with van der Waals surface area (Å²) in [5.41, 5.74) is 0.120. The van der Waals surface area contributed by atoms with Crippen molar-refractivity contribution in [2.24, 2.45) is 5.92 Å². The molecule has 2 aliphatic rings. The maximum Gasteiger partial charge on any atom is 0.256 e. The minimum Gasteiger partial charge on any atom is -0.339 e. The first-order valence-corrected chi connectivity index (χ1v) is 9.50. The number of likely N-dealkylation sites (tertiary alicyclic amines) is 1. The topological polar surface area (TPSA) is 26.8 Å². The second-order valence-electron chi connectivity index (χ2n) is 7.33. The van der Waals surface area contributed by atoms with E-state index in [-0.39, 0.29) is 11.5 Å². The molecule has 0 saturated carbocycles. The van der Waals surface area contributed by atoms with E-state index in [1.807, 2.05) is 0 Å². The number of nitrogens with zero attached hydrogens (tertiary/aromatic N) is 3. The van der Waals surface area contributed by atoms with Gasteiger partial charge in [-0.05, 0) is 50.9 Å². The molecule has 2 fully saturated rings. The third-order valence-electron chi connectivity index (χ3n) is 5.78. The first-order chi connectivity index (χ1) is 12.0. The lowest BCUT2D eigenvalue weighted by Crippen LogP contribution is -2.52. The van der Waals surface area contributed by atoms with Crippen molar-refractivity contribution in [3.63, 3.8) is 0 Å². The van der Waals surface area contributed by atoms with E-state index in [0.29, 0.717) is 30.1 Å². The van der Waals surface area contributed by atoms with E-state index in [0.717, 1.165) is 39.0 Å². The van der Waals surface area contributed by atoms with Gasteiger partial charge < -0.3 is 9.80 Å². The highest BCUT2D eigenvalue weighted by Crippen LogP contribution is 2.26. The molecule has 0 unspecified atom stereocenters. The smallest absolute Gasteiger partial charge is 0.256 e. The molecule has 1 aromatic carbocycles. The van der Waals surface area contributed by atoms with E-state index in [4.69, 9.17) is 11.6 Å². The summed E-state index contributed by atoms with van der Waals surface area (Å²) in [7, 11) is 2.17. The Balaban J connectivity index is 1.55. The number of likely N-dealkylation sites (N-methyl/N-ethyl adjacent to an activating group) is 1. The summed E-state index contributed by atoms with van der Waals surface area (Å²) < 4.78 is 14.0. The van der Waals surface area contributed by atoms with Gasteiger partial charge in [0.05, 0.1) is 5.56 Å². The van der Waals surface area contributed by atoms with Crippen LogP contribution in [0.2, 0.25) is 5.02 Å². The molecule has 25 heavy (non-hydrogen) atoms. The van der Waals surface area contributed by atoms with Crippen LogP contribution in [0.4, 0.5) is 4.39 Å². The first kappa shape index (κ1) is 18.6. The summed E-state index contributed by atoms with van der Waals surface area (Å²) in [5, 5.41) is 0.314. The van der Waals surface area contributed by atoms with Gasteiger partial charge in [-0.1, -0.05) is 11.6 Å². The van der Waals surface area contributed by atoms with Gasteiger partial charge in [-0.2, -0.15) is 0 Å². The lowest BCUT2D eigenvalue weighted by Gasteiger charge is -2.42. The summed E-state index contributed by atoms with van der Waals surface area (Å²) >= 11 is 5.77. The van der Waals surface area contributed by atoms with E-state index < -0.39 is 5.82 Å². The van der Waals surface area contributed by atoms with Crippen LogP contribution in [0, 0.1) is 11.7 Å². The predicted molar refractivity (Wildman–Crippen MR) is 98.6 cm³/mol. The number of rotatable bonds is 3. The van der Waals surface area contributed by atoms with Gasteiger partial charge in [0.1, 0.15) is 5.82 Å². The largest absolute Gasteiger partial charge is 0.339 e. The second-order valence-corrected chi connectivity index (χ2v) is 7.77. The number of halogens is 2. The minimum atomic E-state index is -0.537. The Morgan fingerprint density at radius 3 is 2.40 bits per heavy atom. The number of benzene rings is 1. The molecular formula is C19H27ClFN3O. The van der Waals surface area contributed by atoms with Crippen LogP contribution < -0.4 is 0 Å². The van der Waals surface area contributed by atoms with Crippen LogP contribution in [-0.4, -0.2) is 73.0 Å². The maximum absolute atomic E-state index is 14.0. The van der Waals surface area contributed by atoms with Gasteiger partial charge in [0.15, 0.2) is 0 Å². The number of carbonyl (C=O) groups excluding carboxylic acids is 1. The molecular weight excluding hydrogens is 341 g/mol. The molecule has 3 rings (SSSR count). The van der Waals surface area contributed by atoms with Crippen molar-refractivity contribution in [1.82, 2.24) is 14.7 Å². The van der Waals surface area contributed by atoms with E-state index in [1.165, 1.54) is 12.1 Å². The normalized spacial score (nSPS) is 22.2. The Bertz CT molecular complexity index is 611. The lowest BCUT2D eigenvalue weighted by atomic mass is 9.88. The fourth-order valence-electron chi connectivity index (χ4n) is 3.95. The molecule has 2 heterocycles. The number of hydrogen-bond donors (Lipinski definition) is 0. The number of piperazine rings is 1. The van der Waals surface area contributed by atoms with Crippen LogP contribution in [-0.2, 0) is 0 Å². The average molecular weight is 368 g/mol. The fraction of sp³-hybridized carbons (Fsp3) is 0.632. The molecule has 138 valence electrons. The molecule has 0 aromatic heterocycles. The summed E-state index contributed by atoms with van der Waals surface area (Å²) in [4.78, 5) is 19.3. The quantitative estimate of drug-likeness (QED) is 0.821. The zero-order chi connectivity index (χ0) is 18.0. The van der Waals surface area contributed by atoms with Gasteiger partial charge in [0, 0.05) is 50.3 Å². The van der Waals surface area contributed by atoms with Gasteiger partial charge in [-0.25, -0.2) is 4.39 Å². The lowest BCUT2D eigenvalue weighted by molar-refractivity contribution is 0.0497. The third-order valence-corrected chi connectivity index (χ3v) is 6.02. The monoisotopic (exact) mass is 367 g/mol. The van der Waals surface area contributed by atoms with Gasteiger partial charge in [0.2, 0.25) is 0 Å². The van der Waals surface area contributed by atoms with E-state index in [9.17, 15) is 9.18 Å². The maximum atomic E-state index is 14.0. The zero-order valence-electron chi connectivity index (χ0n) is 15.0. The van der Waals surface area contributed by atoms with E-state index >= 15 is 0 Å². The van der Waals surface area contributed by atoms with Crippen molar-refractivity contribution in [2.45, 2.75) is 25.8 Å². The molecule has 2 aliphatic heterocycles. The Morgan fingerprint density at radius 2 is 1.80 bits per heavy atom. The molecule has 1 aromatic rings. The van der Waals surface area contributed by atoms with Gasteiger partial charge in [-0.3, -0.25) is 9.69 Å². The van der Waals surface area contributed by atoms with Crippen LogP contribution in [0.25, 0.3) is 0 Å². The van der Waals surface area contributed by atoms with Gasteiger partial charge >= 0.3 is 0 Å².